The van der Waals surface area contributed by atoms with Gasteiger partial charge in [0.15, 0.2) is 0 Å². The molecule has 0 aliphatic heterocycles. The first-order valence-corrected chi connectivity index (χ1v) is 12.1. The molecule has 3 aromatic rings. The Morgan fingerprint density at radius 2 is 1.47 bits per heavy atom. The Hall–Kier alpha value is -3.04. The average molecular weight is 457 g/mol. The summed E-state index contributed by atoms with van der Waals surface area (Å²) in [6.07, 6.45) is 5.97. The highest BCUT2D eigenvalue weighted by atomic mass is 16.5. The van der Waals surface area contributed by atoms with E-state index in [9.17, 15) is 5.11 Å². The van der Waals surface area contributed by atoms with Crippen molar-refractivity contribution >= 4 is 6.08 Å². The van der Waals surface area contributed by atoms with Gasteiger partial charge in [-0.1, -0.05) is 76.2 Å². The summed E-state index contributed by atoms with van der Waals surface area (Å²) < 4.78 is 12.3. The Balaban J connectivity index is 1.91. The van der Waals surface area contributed by atoms with Crippen molar-refractivity contribution in [3.63, 3.8) is 0 Å². The fourth-order valence-electron chi connectivity index (χ4n) is 4.89. The summed E-state index contributed by atoms with van der Waals surface area (Å²) in [5, 5.41) is 9.24. The normalized spacial score (nSPS) is 16.3. The van der Waals surface area contributed by atoms with Crippen LogP contribution in [-0.2, 0) is 17.4 Å². The average Bonchev–Trinajstić information content (AvgIpc) is 2.84. The molecule has 0 aromatic heterocycles. The maximum absolute atomic E-state index is 9.24. The lowest BCUT2D eigenvalue weighted by molar-refractivity contribution is 0.300. The predicted octanol–water partition coefficient (Wildman–Crippen LogP) is 7.30. The van der Waals surface area contributed by atoms with Crippen LogP contribution in [0.15, 0.2) is 66.7 Å². The van der Waals surface area contributed by atoms with Gasteiger partial charge >= 0.3 is 0 Å². The number of aliphatic hydroxyl groups excluding tert-OH is 1. The van der Waals surface area contributed by atoms with Crippen LogP contribution in [0.5, 0.6) is 11.5 Å². The minimum absolute atomic E-state index is 0.00885. The van der Waals surface area contributed by atoms with Gasteiger partial charge in [0.25, 0.3) is 0 Å². The zero-order valence-corrected chi connectivity index (χ0v) is 21.0. The molecule has 1 aliphatic carbocycles. The number of ether oxygens (including phenoxy) is 2. The van der Waals surface area contributed by atoms with Crippen LogP contribution in [0.1, 0.15) is 62.8 Å². The molecule has 1 aliphatic rings. The van der Waals surface area contributed by atoms with Crippen LogP contribution in [0.4, 0.5) is 0 Å². The third-order valence-corrected chi connectivity index (χ3v) is 7.12. The van der Waals surface area contributed by atoms with Crippen LogP contribution in [-0.4, -0.2) is 18.8 Å². The van der Waals surface area contributed by atoms with Crippen molar-refractivity contribution in [1.82, 2.24) is 0 Å². The zero-order chi connectivity index (χ0) is 24.3. The molecule has 0 saturated heterocycles. The van der Waals surface area contributed by atoms with E-state index < -0.39 is 0 Å². The lowest BCUT2D eigenvalue weighted by Gasteiger charge is -2.42. The van der Waals surface area contributed by atoms with Crippen LogP contribution in [0.3, 0.4) is 0 Å². The van der Waals surface area contributed by atoms with Crippen LogP contribution < -0.4 is 9.47 Å². The molecule has 0 atom stereocenters. The molecule has 0 amide bonds. The summed E-state index contributed by atoms with van der Waals surface area (Å²) in [6.45, 7) is 9.86. The second kappa shape index (κ2) is 9.68. The van der Waals surface area contributed by atoms with Crippen molar-refractivity contribution in [2.24, 2.45) is 0 Å². The molecule has 0 unspecified atom stereocenters. The summed E-state index contributed by atoms with van der Waals surface area (Å²) in [4.78, 5) is 0. The Morgan fingerprint density at radius 1 is 0.824 bits per heavy atom. The second-order valence-electron chi connectivity index (χ2n) is 10.5. The Morgan fingerprint density at radius 3 is 2.12 bits per heavy atom. The lowest BCUT2D eigenvalue weighted by atomic mass is 9.62. The number of methoxy groups -OCH3 is 1. The van der Waals surface area contributed by atoms with E-state index >= 15 is 0 Å². The minimum Gasteiger partial charge on any atom is -0.496 e. The van der Waals surface area contributed by atoms with E-state index in [0.29, 0.717) is 6.61 Å². The van der Waals surface area contributed by atoms with Gasteiger partial charge in [0.05, 0.1) is 13.7 Å². The zero-order valence-electron chi connectivity index (χ0n) is 21.0. The Labute approximate surface area is 204 Å². The van der Waals surface area contributed by atoms with E-state index in [-0.39, 0.29) is 17.4 Å². The predicted molar refractivity (Wildman–Crippen MR) is 141 cm³/mol. The third kappa shape index (κ3) is 4.90. The molecule has 0 bridgehead atoms. The number of rotatable bonds is 7. The van der Waals surface area contributed by atoms with Crippen LogP contribution in [0.25, 0.3) is 17.2 Å². The van der Waals surface area contributed by atoms with Crippen molar-refractivity contribution < 1.29 is 14.6 Å². The fraction of sp³-hybridized carbons (Fsp3) is 0.355. The molecule has 4 rings (SSSR count). The van der Waals surface area contributed by atoms with E-state index in [1.165, 1.54) is 11.1 Å². The highest BCUT2D eigenvalue weighted by Gasteiger charge is 2.38. The smallest absolute Gasteiger partial charge is 0.128 e. The van der Waals surface area contributed by atoms with Gasteiger partial charge in [0, 0.05) is 11.1 Å². The SMILES string of the molecule is COc1ccc(C=CCO)cc1-c1cc2c(cc1OCc1ccccc1)C(C)(C)CCC2(C)C. The molecule has 3 nitrogen and oxygen atoms in total. The van der Waals surface area contributed by atoms with Crippen molar-refractivity contribution in [2.45, 2.75) is 58.0 Å². The highest BCUT2D eigenvalue weighted by molar-refractivity contribution is 5.80. The van der Waals surface area contributed by atoms with E-state index in [2.05, 4.69) is 58.0 Å². The van der Waals surface area contributed by atoms with Crippen LogP contribution in [0, 0.1) is 0 Å². The van der Waals surface area contributed by atoms with Crippen LogP contribution in [0.2, 0.25) is 0 Å². The minimum atomic E-state index is 0.00885. The van der Waals surface area contributed by atoms with Gasteiger partial charge in [0.2, 0.25) is 0 Å². The van der Waals surface area contributed by atoms with E-state index in [1.807, 2.05) is 36.4 Å². The maximum atomic E-state index is 9.24. The second-order valence-corrected chi connectivity index (χ2v) is 10.5. The first-order chi connectivity index (χ1) is 16.2. The monoisotopic (exact) mass is 456 g/mol. The molecule has 178 valence electrons. The quantitative estimate of drug-likeness (QED) is 0.405. The summed E-state index contributed by atoms with van der Waals surface area (Å²) in [7, 11) is 1.71. The molecular formula is C31H36O3. The summed E-state index contributed by atoms with van der Waals surface area (Å²) >= 11 is 0. The molecule has 0 spiro atoms. The van der Waals surface area contributed by atoms with E-state index in [1.54, 1.807) is 13.2 Å². The molecule has 0 fully saturated rings. The summed E-state index contributed by atoms with van der Waals surface area (Å²) in [5.74, 6) is 1.67. The Bertz CT molecular complexity index is 1170. The van der Waals surface area contributed by atoms with Crippen molar-refractivity contribution in [3.8, 4) is 22.6 Å². The van der Waals surface area contributed by atoms with Crippen LogP contribution >= 0.6 is 0 Å². The molecule has 3 aromatic carbocycles. The van der Waals surface area contributed by atoms with Gasteiger partial charge in [-0.2, -0.15) is 0 Å². The van der Waals surface area contributed by atoms with Gasteiger partial charge in [0.1, 0.15) is 18.1 Å². The van der Waals surface area contributed by atoms with Gasteiger partial charge < -0.3 is 14.6 Å². The first kappa shape index (κ1) is 24.1. The highest BCUT2D eigenvalue weighted by Crippen LogP contribution is 2.50. The van der Waals surface area contributed by atoms with Crippen molar-refractivity contribution in [2.75, 3.05) is 13.7 Å². The van der Waals surface area contributed by atoms with Gasteiger partial charge in [-0.25, -0.2) is 0 Å². The number of fused-ring (bicyclic) bond motifs is 1. The largest absolute Gasteiger partial charge is 0.496 e. The maximum Gasteiger partial charge on any atom is 0.128 e. The number of hydrogen-bond donors (Lipinski definition) is 1. The molecule has 34 heavy (non-hydrogen) atoms. The van der Waals surface area contributed by atoms with E-state index in [0.717, 1.165) is 46.6 Å². The fourth-order valence-corrected chi connectivity index (χ4v) is 4.89. The van der Waals surface area contributed by atoms with Crippen molar-refractivity contribution in [3.05, 3.63) is 89.0 Å². The van der Waals surface area contributed by atoms with Crippen molar-refractivity contribution in [1.29, 1.82) is 0 Å². The number of aliphatic hydroxyl groups is 1. The summed E-state index contributed by atoms with van der Waals surface area (Å²) in [5.41, 5.74) is 7.09. The summed E-state index contributed by atoms with van der Waals surface area (Å²) in [6, 6.07) is 21.0. The van der Waals surface area contributed by atoms with Gasteiger partial charge in [-0.05, 0) is 70.2 Å². The standard InChI is InChI=1S/C31H36O3/c1-30(2)15-16-31(3,4)27-20-29(34-21-23-10-7-6-8-11-23)25(19-26(27)30)24-18-22(12-9-17-32)13-14-28(24)33-5/h6-14,18-20,32H,15-17,21H2,1-5H3. The first-order valence-electron chi connectivity index (χ1n) is 12.1. The lowest BCUT2D eigenvalue weighted by Crippen LogP contribution is -2.33. The molecule has 1 N–H and O–H groups in total. The van der Waals surface area contributed by atoms with E-state index in [4.69, 9.17) is 9.47 Å². The van der Waals surface area contributed by atoms with Gasteiger partial charge in [-0.3, -0.25) is 0 Å². The Kier molecular flexibility index (Phi) is 6.86. The molecular weight excluding hydrogens is 420 g/mol. The molecule has 0 saturated carbocycles. The number of benzene rings is 3. The molecule has 0 radical (unpaired) electrons. The molecule has 0 heterocycles. The van der Waals surface area contributed by atoms with Gasteiger partial charge in [-0.15, -0.1) is 0 Å². The third-order valence-electron chi connectivity index (χ3n) is 7.12. The molecule has 3 heteroatoms. The topological polar surface area (TPSA) is 38.7 Å². The number of hydrogen-bond acceptors (Lipinski definition) is 3.